The molecule has 2 atom stereocenters. The Balaban J connectivity index is 2.61. The van der Waals surface area contributed by atoms with E-state index in [1.54, 1.807) is 0 Å². The fourth-order valence-corrected chi connectivity index (χ4v) is 2.54. The molecule has 2 unspecified atom stereocenters. The van der Waals surface area contributed by atoms with E-state index in [0.717, 1.165) is 19.4 Å². The molecule has 1 rings (SSSR count). The number of likely N-dealkylation sites (tertiary alicyclic amines) is 1. The van der Waals surface area contributed by atoms with Crippen LogP contribution in [-0.2, 0) is 4.79 Å². The molecule has 1 aliphatic rings. The van der Waals surface area contributed by atoms with Gasteiger partial charge in [0.1, 0.15) is 0 Å². The predicted molar refractivity (Wildman–Crippen MR) is 59.1 cm³/mol. The molecule has 0 aromatic heterocycles. The highest BCUT2D eigenvalue weighted by molar-refractivity contribution is 5.79. The van der Waals surface area contributed by atoms with Crippen molar-refractivity contribution in [2.24, 2.45) is 11.8 Å². The van der Waals surface area contributed by atoms with Crippen molar-refractivity contribution in [2.75, 3.05) is 13.6 Å². The Bertz CT molecular complexity index is 191. The van der Waals surface area contributed by atoms with Crippen LogP contribution in [0, 0.1) is 11.8 Å². The van der Waals surface area contributed by atoms with Gasteiger partial charge < -0.3 is 4.90 Å². The first-order chi connectivity index (χ1) is 6.70. The molecular formula is C12H23NO. The van der Waals surface area contributed by atoms with Gasteiger partial charge in [0.2, 0.25) is 5.91 Å². The van der Waals surface area contributed by atoms with Gasteiger partial charge in [-0.25, -0.2) is 0 Å². The van der Waals surface area contributed by atoms with E-state index in [1.807, 2.05) is 11.9 Å². The average molecular weight is 197 g/mol. The molecule has 14 heavy (non-hydrogen) atoms. The minimum absolute atomic E-state index is 0.318. The summed E-state index contributed by atoms with van der Waals surface area (Å²) in [5.41, 5.74) is 0. The lowest BCUT2D eigenvalue weighted by atomic mass is 9.79. The Kier molecular flexibility index (Phi) is 4.43. The molecule has 2 nitrogen and oxygen atoms in total. The smallest absolute Gasteiger partial charge is 0.225 e. The molecule has 0 saturated carbocycles. The van der Waals surface area contributed by atoms with Gasteiger partial charge >= 0.3 is 0 Å². The van der Waals surface area contributed by atoms with Gasteiger partial charge in [-0.1, -0.05) is 26.7 Å². The molecule has 0 spiro atoms. The number of hydrogen-bond donors (Lipinski definition) is 0. The summed E-state index contributed by atoms with van der Waals surface area (Å²) in [7, 11) is 1.94. The molecule has 0 aromatic carbocycles. The maximum atomic E-state index is 11.9. The number of rotatable bonds is 4. The Labute approximate surface area is 87.7 Å². The van der Waals surface area contributed by atoms with Crippen LogP contribution in [0.4, 0.5) is 0 Å². The normalized spacial score (nSPS) is 28.2. The van der Waals surface area contributed by atoms with Crippen LogP contribution < -0.4 is 0 Å². The minimum atomic E-state index is 0.318. The second-order valence-corrected chi connectivity index (χ2v) is 4.49. The van der Waals surface area contributed by atoms with Crippen LogP contribution >= 0.6 is 0 Å². The van der Waals surface area contributed by atoms with Crippen LogP contribution in [-0.4, -0.2) is 24.4 Å². The first-order valence-corrected chi connectivity index (χ1v) is 5.95. The van der Waals surface area contributed by atoms with Gasteiger partial charge in [-0.15, -0.1) is 0 Å². The van der Waals surface area contributed by atoms with Crippen LogP contribution in [0.15, 0.2) is 0 Å². The lowest BCUT2D eigenvalue weighted by molar-refractivity contribution is -0.140. The molecule has 1 aliphatic heterocycles. The molecule has 0 aromatic rings. The maximum Gasteiger partial charge on any atom is 0.225 e. The maximum absolute atomic E-state index is 11.9. The summed E-state index contributed by atoms with van der Waals surface area (Å²) >= 11 is 0. The third-order valence-corrected chi connectivity index (χ3v) is 3.36. The van der Waals surface area contributed by atoms with Gasteiger partial charge in [-0.2, -0.15) is 0 Å². The largest absolute Gasteiger partial charge is 0.346 e. The van der Waals surface area contributed by atoms with E-state index in [4.69, 9.17) is 0 Å². The molecule has 0 bridgehead atoms. The van der Waals surface area contributed by atoms with Gasteiger partial charge in [0.25, 0.3) is 0 Å². The van der Waals surface area contributed by atoms with E-state index in [0.29, 0.717) is 17.7 Å². The van der Waals surface area contributed by atoms with Crippen LogP contribution in [0.2, 0.25) is 0 Å². The van der Waals surface area contributed by atoms with E-state index in [1.165, 1.54) is 19.3 Å². The van der Waals surface area contributed by atoms with E-state index in [-0.39, 0.29) is 0 Å². The Morgan fingerprint density at radius 3 is 2.50 bits per heavy atom. The number of carbonyl (C=O) groups excluding carboxylic acids is 1. The monoisotopic (exact) mass is 197 g/mol. The van der Waals surface area contributed by atoms with Gasteiger partial charge in [-0.05, 0) is 25.2 Å². The first kappa shape index (κ1) is 11.5. The summed E-state index contributed by atoms with van der Waals surface area (Å²) in [6.45, 7) is 5.35. The van der Waals surface area contributed by atoms with Crippen molar-refractivity contribution < 1.29 is 4.79 Å². The number of hydrogen-bond acceptors (Lipinski definition) is 1. The third-order valence-electron chi connectivity index (χ3n) is 3.36. The fraction of sp³-hybridized carbons (Fsp3) is 0.917. The highest BCUT2D eigenvalue weighted by atomic mass is 16.2. The zero-order valence-corrected chi connectivity index (χ0v) is 9.75. The van der Waals surface area contributed by atoms with Crippen LogP contribution in [0.5, 0.6) is 0 Å². The molecule has 1 saturated heterocycles. The lowest BCUT2D eigenvalue weighted by Crippen LogP contribution is -2.43. The van der Waals surface area contributed by atoms with E-state index < -0.39 is 0 Å². The van der Waals surface area contributed by atoms with Crippen molar-refractivity contribution in [1.29, 1.82) is 0 Å². The summed E-state index contributed by atoms with van der Waals surface area (Å²) in [5.74, 6) is 1.36. The molecule has 1 heterocycles. The zero-order valence-electron chi connectivity index (χ0n) is 9.75. The fourth-order valence-electron chi connectivity index (χ4n) is 2.54. The minimum Gasteiger partial charge on any atom is -0.346 e. The van der Waals surface area contributed by atoms with Crippen molar-refractivity contribution in [2.45, 2.75) is 46.0 Å². The molecule has 0 radical (unpaired) electrons. The van der Waals surface area contributed by atoms with Gasteiger partial charge in [0.05, 0.1) is 0 Å². The number of carbonyl (C=O) groups is 1. The number of amides is 1. The van der Waals surface area contributed by atoms with Gasteiger partial charge in [-0.3, -0.25) is 4.79 Å². The molecule has 1 fully saturated rings. The van der Waals surface area contributed by atoms with Crippen molar-refractivity contribution >= 4 is 5.91 Å². The van der Waals surface area contributed by atoms with Crippen molar-refractivity contribution in [3.63, 3.8) is 0 Å². The SMILES string of the molecule is CCCC1CCN(C)C(=O)C1CCC. The standard InChI is InChI=1S/C12H23NO/c1-4-6-10-8-9-13(3)12(14)11(10)7-5-2/h10-11H,4-9H2,1-3H3. The number of piperidine rings is 1. The molecule has 1 amide bonds. The second kappa shape index (κ2) is 5.38. The third kappa shape index (κ3) is 2.49. The Morgan fingerprint density at radius 2 is 1.93 bits per heavy atom. The van der Waals surface area contributed by atoms with Crippen LogP contribution in [0.25, 0.3) is 0 Å². The predicted octanol–water partition coefficient (Wildman–Crippen LogP) is 2.68. The highest BCUT2D eigenvalue weighted by Gasteiger charge is 2.33. The number of nitrogens with zero attached hydrogens (tertiary/aromatic N) is 1. The molecule has 0 aliphatic carbocycles. The average Bonchev–Trinajstić information content (AvgIpc) is 2.18. The Hall–Kier alpha value is -0.530. The molecule has 2 heteroatoms. The van der Waals surface area contributed by atoms with Gasteiger partial charge in [0.15, 0.2) is 0 Å². The summed E-state index contributed by atoms with van der Waals surface area (Å²) in [4.78, 5) is 13.8. The Morgan fingerprint density at radius 1 is 1.29 bits per heavy atom. The van der Waals surface area contributed by atoms with Gasteiger partial charge in [0, 0.05) is 19.5 Å². The lowest BCUT2D eigenvalue weighted by Gasteiger charge is -2.36. The van der Waals surface area contributed by atoms with E-state index >= 15 is 0 Å². The summed E-state index contributed by atoms with van der Waals surface area (Å²) < 4.78 is 0. The topological polar surface area (TPSA) is 20.3 Å². The summed E-state index contributed by atoms with van der Waals surface area (Å²) in [5, 5.41) is 0. The van der Waals surface area contributed by atoms with Crippen LogP contribution in [0.3, 0.4) is 0 Å². The summed E-state index contributed by atoms with van der Waals surface area (Å²) in [6.07, 6.45) is 5.85. The van der Waals surface area contributed by atoms with Crippen molar-refractivity contribution in [3.05, 3.63) is 0 Å². The second-order valence-electron chi connectivity index (χ2n) is 4.49. The van der Waals surface area contributed by atoms with E-state index in [9.17, 15) is 4.79 Å². The molecular weight excluding hydrogens is 174 g/mol. The summed E-state index contributed by atoms with van der Waals surface area (Å²) in [6, 6.07) is 0. The molecule has 82 valence electrons. The van der Waals surface area contributed by atoms with Crippen molar-refractivity contribution in [3.8, 4) is 0 Å². The first-order valence-electron chi connectivity index (χ1n) is 5.95. The zero-order chi connectivity index (χ0) is 10.6. The van der Waals surface area contributed by atoms with E-state index in [2.05, 4.69) is 13.8 Å². The molecule has 0 N–H and O–H groups in total. The quantitative estimate of drug-likeness (QED) is 0.678. The van der Waals surface area contributed by atoms with Crippen molar-refractivity contribution in [1.82, 2.24) is 4.90 Å². The van der Waals surface area contributed by atoms with Crippen LogP contribution in [0.1, 0.15) is 46.0 Å². The highest BCUT2D eigenvalue weighted by Crippen LogP contribution is 2.31.